The number of carbonyl (C=O) groups excluding carboxylic acids is 2. The second kappa shape index (κ2) is 10.5. The van der Waals surface area contributed by atoms with Crippen LogP contribution in [-0.2, 0) is 9.59 Å². The molecule has 0 saturated carbocycles. The third-order valence-corrected chi connectivity index (χ3v) is 5.75. The molecule has 2 aromatic rings. The first kappa shape index (κ1) is 24.2. The average molecular weight is 457 g/mol. The lowest BCUT2D eigenvalue weighted by atomic mass is 10.0. The Morgan fingerprint density at radius 1 is 1.36 bits per heavy atom. The van der Waals surface area contributed by atoms with E-state index in [1.165, 1.54) is 11.3 Å². The lowest BCUT2D eigenvalue weighted by Crippen LogP contribution is -2.50. The van der Waals surface area contributed by atoms with E-state index in [1.54, 1.807) is 38.1 Å². The number of hydrogen-bond donors (Lipinski definition) is 3. The number of azide groups is 1. The number of aryl methyl sites for hydroxylation is 1. The maximum atomic E-state index is 13.0. The summed E-state index contributed by atoms with van der Waals surface area (Å²) in [6, 6.07) is 4.52. The van der Waals surface area contributed by atoms with Gasteiger partial charge in [0.25, 0.3) is 0 Å². The van der Waals surface area contributed by atoms with Crippen LogP contribution in [0.2, 0.25) is 0 Å². The molecule has 3 rings (SSSR count). The third-order valence-electron chi connectivity index (χ3n) is 5.75. The van der Waals surface area contributed by atoms with Crippen LogP contribution in [0.5, 0.6) is 0 Å². The van der Waals surface area contributed by atoms with Crippen molar-refractivity contribution < 1.29 is 24.2 Å². The van der Waals surface area contributed by atoms with Gasteiger partial charge in [-0.25, -0.2) is 4.98 Å². The van der Waals surface area contributed by atoms with Gasteiger partial charge in [0, 0.05) is 23.4 Å². The van der Waals surface area contributed by atoms with Gasteiger partial charge in [0.15, 0.2) is 12.2 Å². The topological polar surface area (TPSA) is 165 Å². The first-order chi connectivity index (χ1) is 15.8. The van der Waals surface area contributed by atoms with Crippen LogP contribution in [0.1, 0.15) is 37.6 Å². The van der Waals surface area contributed by atoms with Crippen LogP contribution in [0.4, 0.5) is 0 Å². The van der Waals surface area contributed by atoms with Crippen LogP contribution >= 0.6 is 0 Å². The van der Waals surface area contributed by atoms with Crippen molar-refractivity contribution in [3.63, 3.8) is 0 Å². The fourth-order valence-corrected chi connectivity index (χ4v) is 3.95. The maximum Gasteiger partial charge on any atom is 0.243 e. The minimum atomic E-state index is -0.976. The number of carbonyl (C=O) groups is 2. The molecule has 0 unspecified atom stereocenters. The fraction of sp³-hybridized carbons (Fsp3) is 0.500. The highest BCUT2D eigenvalue weighted by Gasteiger charge is 2.42. The van der Waals surface area contributed by atoms with Crippen molar-refractivity contribution in [2.75, 3.05) is 13.2 Å². The molecule has 4 atom stereocenters. The Bertz CT molecular complexity index is 1030. The number of β-amino-alcohol motifs (C(OH)–C–C–N with tert-alkyl or cyclic N) is 1. The number of amides is 2. The van der Waals surface area contributed by atoms with Crippen LogP contribution in [0.3, 0.4) is 0 Å². The molecule has 2 amide bonds. The molecule has 0 spiro atoms. The summed E-state index contributed by atoms with van der Waals surface area (Å²) in [6.07, 6.45) is 0.547. The molecule has 1 aliphatic rings. The Morgan fingerprint density at radius 2 is 2.06 bits per heavy atom. The van der Waals surface area contributed by atoms with Gasteiger partial charge in [0.2, 0.25) is 11.8 Å². The molecule has 1 aliphatic heterocycles. The van der Waals surface area contributed by atoms with Crippen molar-refractivity contribution in [3.05, 3.63) is 52.4 Å². The smallest absolute Gasteiger partial charge is 0.243 e. The van der Waals surface area contributed by atoms with E-state index in [2.05, 4.69) is 20.3 Å². The minimum Gasteiger partial charge on any atom is -0.443 e. The highest BCUT2D eigenvalue weighted by Crippen LogP contribution is 2.26. The number of oxazole rings is 1. The molecular weight excluding hydrogens is 428 g/mol. The largest absolute Gasteiger partial charge is 0.443 e. The quantitative estimate of drug-likeness (QED) is 0.313. The van der Waals surface area contributed by atoms with Crippen molar-refractivity contribution in [2.45, 2.75) is 51.4 Å². The van der Waals surface area contributed by atoms with E-state index >= 15 is 0 Å². The zero-order valence-electron chi connectivity index (χ0n) is 18.8. The van der Waals surface area contributed by atoms with E-state index in [1.807, 2.05) is 6.92 Å². The Balaban J connectivity index is 1.75. The van der Waals surface area contributed by atoms with Crippen molar-refractivity contribution in [1.82, 2.24) is 15.2 Å². The second-order valence-electron chi connectivity index (χ2n) is 8.42. The maximum absolute atomic E-state index is 13.0. The molecule has 1 fully saturated rings. The van der Waals surface area contributed by atoms with Crippen LogP contribution < -0.4 is 5.32 Å². The summed E-state index contributed by atoms with van der Waals surface area (Å²) < 4.78 is 5.39. The first-order valence-electron chi connectivity index (χ1n) is 10.7. The number of aliphatic hydroxyl groups excluding tert-OH is 2. The first-order valence-corrected chi connectivity index (χ1v) is 10.7. The molecule has 3 N–H and O–H groups in total. The predicted octanol–water partition coefficient (Wildman–Crippen LogP) is 2.10. The van der Waals surface area contributed by atoms with Crippen molar-refractivity contribution >= 4 is 11.8 Å². The molecule has 1 aromatic heterocycles. The van der Waals surface area contributed by atoms with Crippen LogP contribution in [0.25, 0.3) is 21.8 Å². The number of rotatable bonds is 8. The monoisotopic (exact) mass is 456 g/mol. The summed E-state index contributed by atoms with van der Waals surface area (Å²) in [7, 11) is 0. The number of hydrogen-bond acceptors (Lipinski definition) is 7. The number of aromatic nitrogens is 1. The second-order valence-corrected chi connectivity index (χ2v) is 8.42. The molecule has 0 radical (unpaired) electrons. The summed E-state index contributed by atoms with van der Waals surface area (Å²) in [6.45, 7) is 4.92. The molecule has 0 bridgehead atoms. The van der Waals surface area contributed by atoms with Gasteiger partial charge in [-0.2, -0.15) is 0 Å². The van der Waals surface area contributed by atoms with E-state index < -0.39 is 36.0 Å². The Kier molecular flexibility index (Phi) is 7.70. The molecule has 176 valence electrons. The third kappa shape index (κ3) is 5.33. The standard InChI is InChI=1S/C22H28N6O5/c1-12(2)19(26-27-23)22(32)28-9-16(30)8-18(28)21(31)25-17(10-29)14-4-6-15(7-5-14)20-13(3)24-11-33-20/h4-7,11-12,16-19,29-30H,8-10H2,1-3H3,(H,25,31)/t16-,17+,18+,19+/m1/s1. The van der Waals surface area contributed by atoms with E-state index in [-0.39, 0.29) is 25.5 Å². The summed E-state index contributed by atoms with van der Waals surface area (Å²) >= 11 is 0. The number of aliphatic hydroxyl groups is 2. The molecule has 1 aromatic carbocycles. The number of likely N-dealkylation sites (tertiary alicyclic amines) is 1. The normalized spacial score (nSPS) is 19.8. The van der Waals surface area contributed by atoms with Crippen LogP contribution in [-0.4, -0.2) is 63.3 Å². The highest BCUT2D eigenvalue weighted by atomic mass is 16.3. The lowest BCUT2D eigenvalue weighted by molar-refractivity contribution is -0.140. The fourth-order valence-electron chi connectivity index (χ4n) is 3.95. The van der Waals surface area contributed by atoms with E-state index in [0.717, 1.165) is 11.3 Å². The minimum absolute atomic E-state index is 0.0316. The Labute approximate surface area is 191 Å². The highest BCUT2D eigenvalue weighted by molar-refractivity contribution is 5.91. The van der Waals surface area contributed by atoms with Gasteiger partial charge in [0.1, 0.15) is 12.1 Å². The zero-order chi connectivity index (χ0) is 24.1. The summed E-state index contributed by atoms with van der Waals surface area (Å²) in [4.78, 5) is 34.1. The van der Waals surface area contributed by atoms with E-state index in [0.29, 0.717) is 11.3 Å². The molecule has 11 nitrogen and oxygen atoms in total. The van der Waals surface area contributed by atoms with Gasteiger partial charge in [0.05, 0.1) is 24.4 Å². The van der Waals surface area contributed by atoms with Crippen LogP contribution in [0, 0.1) is 12.8 Å². The van der Waals surface area contributed by atoms with Gasteiger partial charge in [-0.15, -0.1) is 0 Å². The van der Waals surface area contributed by atoms with Gasteiger partial charge in [-0.3, -0.25) is 9.59 Å². The van der Waals surface area contributed by atoms with Crippen molar-refractivity contribution in [3.8, 4) is 11.3 Å². The van der Waals surface area contributed by atoms with E-state index in [9.17, 15) is 19.8 Å². The molecule has 33 heavy (non-hydrogen) atoms. The Hall–Kier alpha value is -3.40. The number of benzene rings is 1. The predicted molar refractivity (Wildman–Crippen MR) is 119 cm³/mol. The zero-order valence-corrected chi connectivity index (χ0v) is 18.8. The van der Waals surface area contributed by atoms with Gasteiger partial charge in [-0.05, 0) is 23.9 Å². The van der Waals surface area contributed by atoms with Gasteiger partial charge >= 0.3 is 0 Å². The number of nitrogens with zero attached hydrogens (tertiary/aromatic N) is 5. The lowest BCUT2D eigenvalue weighted by Gasteiger charge is -2.29. The van der Waals surface area contributed by atoms with Crippen molar-refractivity contribution in [2.24, 2.45) is 11.0 Å². The number of nitrogens with one attached hydrogen (secondary N) is 1. The Morgan fingerprint density at radius 3 is 2.61 bits per heavy atom. The molecule has 11 heteroatoms. The van der Waals surface area contributed by atoms with Gasteiger partial charge in [-0.1, -0.05) is 43.2 Å². The molecule has 1 saturated heterocycles. The van der Waals surface area contributed by atoms with Crippen molar-refractivity contribution in [1.29, 1.82) is 0 Å². The summed E-state index contributed by atoms with van der Waals surface area (Å²) in [5, 5.41) is 26.4. The van der Waals surface area contributed by atoms with Crippen LogP contribution in [0.15, 0.2) is 40.2 Å². The average Bonchev–Trinajstić information content (AvgIpc) is 3.40. The summed E-state index contributed by atoms with van der Waals surface area (Å²) in [5.41, 5.74) is 11.0. The molecule has 0 aliphatic carbocycles. The van der Waals surface area contributed by atoms with E-state index in [4.69, 9.17) is 9.95 Å². The van der Waals surface area contributed by atoms with Gasteiger partial charge < -0.3 is 24.8 Å². The molecular formula is C22H28N6O5. The molecule has 2 heterocycles. The summed E-state index contributed by atoms with van der Waals surface area (Å²) in [5.74, 6) is -0.643. The SMILES string of the molecule is Cc1ncoc1-c1ccc([C@H](CO)NC(=O)[C@@H]2C[C@@H](O)CN2C(=O)[C@@H](N=[N+]=[N-])C(C)C)cc1.